The fraction of sp³-hybridized carbons (Fsp3) is 0.667. The van der Waals surface area contributed by atoms with E-state index in [-0.39, 0.29) is 0 Å². The van der Waals surface area contributed by atoms with E-state index in [1.165, 1.54) is 12.2 Å². The highest BCUT2D eigenvalue weighted by Gasteiger charge is 2.64. The first-order valence-electron chi connectivity index (χ1n) is 4.50. The number of alkyl halides is 5. The third-order valence-corrected chi connectivity index (χ3v) is 1.55. The van der Waals surface area contributed by atoms with Gasteiger partial charge in [-0.2, -0.15) is 22.0 Å². The molecule has 0 aliphatic carbocycles. The maximum Gasteiger partial charge on any atom is 0.465 e. The predicted octanol–water partition coefficient (Wildman–Crippen LogP) is 3.08. The Morgan fingerprint density at radius 3 is 2.19 bits per heavy atom. The number of carbonyl (C=O) groups is 1. The average molecular weight is 246 g/mol. The van der Waals surface area contributed by atoms with Crippen LogP contribution < -0.4 is 0 Å². The molecular formula is C9H11F5O2. The number of rotatable bonds is 5. The molecule has 0 aromatic rings. The van der Waals surface area contributed by atoms with Crippen molar-refractivity contribution in [2.24, 2.45) is 0 Å². The van der Waals surface area contributed by atoms with Crippen LogP contribution in [-0.4, -0.2) is 24.7 Å². The van der Waals surface area contributed by atoms with Crippen LogP contribution in [0, 0.1) is 0 Å². The molecule has 0 saturated heterocycles. The molecule has 0 atom stereocenters. The summed E-state index contributed by atoms with van der Waals surface area (Å²) in [5, 5.41) is 0. The van der Waals surface area contributed by atoms with Crippen LogP contribution >= 0.6 is 0 Å². The lowest BCUT2D eigenvalue weighted by atomic mass is 10.3. The van der Waals surface area contributed by atoms with Gasteiger partial charge in [-0.1, -0.05) is 25.5 Å². The summed E-state index contributed by atoms with van der Waals surface area (Å²) in [6.45, 7) is 1.26. The van der Waals surface area contributed by atoms with Gasteiger partial charge < -0.3 is 4.74 Å². The molecule has 0 saturated carbocycles. The van der Waals surface area contributed by atoms with Gasteiger partial charge in [0.1, 0.15) is 6.61 Å². The zero-order valence-electron chi connectivity index (χ0n) is 8.48. The molecule has 94 valence electrons. The lowest BCUT2D eigenvalue weighted by molar-refractivity contribution is -0.280. The molecule has 0 aliphatic heterocycles. The molecule has 2 nitrogen and oxygen atoms in total. The van der Waals surface area contributed by atoms with Crippen LogP contribution in [0.3, 0.4) is 0 Å². The Bertz CT molecular complexity index is 257. The standard InChI is InChI=1S/C9H11F5O2/c1-2-3-4-5-6-16-7(15)8(10,11)9(12,13)14/h4-5H,2-3,6H2,1H3/b5-4-. The van der Waals surface area contributed by atoms with Gasteiger partial charge >= 0.3 is 18.1 Å². The lowest BCUT2D eigenvalue weighted by Crippen LogP contribution is -2.45. The maximum atomic E-state index is 12.3. The normalized spacial score (nSPS) is 13.1. The summed E-state index contributed by atoms with van der Waals surface area (Å²) in [7, 11) is 0. The topological polar surface area (TPSA) is 26.3 Å². The Kier molecular flexibility index (Phi) is 5.40. The lowest BCUT2D eigenvalue weighted by Gasteiger charge is -2.17. The smallest absolute Gasteiger partial charge is 0.457 e. The molecule has 0 N–H and O–H groups in total. The van der Waals surface area contributed by atoms with Gasteiger partial charge in [-0.3, -0.25) is 0 Å². The van der Waals surface area contributed by atoms with Crippen molar-refractivity contribution in [1.29, 1.82) is 0 Å². The van der Waals surface area contributed by atoms with E-state index < -0.39 is 24.7 Å². The maximum absolute atomic E-state index is 12.3. The fourth-order valence-electron chi connectivity index (χ4n) is 0.683. The molecule has 0 radical (unpaired) electrons. The minimum absolute atomic E-state index is 0.593. The van der Waals surface area contributed by atoms with E-state index >= 15 is 0 Å². The number of hydrogen-bond donors (Lipinski definition) is 0. The minimum atomic E-state index is -5.92. The van der Waals surface area contributed by atoms with Crippen molar-refractivity contribution in [3.05, 3.63) is 12.2 Å². The van der Waals surface area contributed by atoms with E-state index in [1.807, 2.05) is 6.92 Å². The van der Waals surface area contributed by atoms with Gasteiger partial charge in [-0.25, -0.2) is 4.79 Å². The highest BCUT2D eigenvalue weighted by molar-refractivity contribution is 5.78. The largest absolute Gasteiger partial charge is 0.465 e. The van der Waals surface area contributed by atoms with Crippen LogP contribution in [-0.2, 0) is 9.53 Å². The van der Waals surface area contributed by atoms with Gasteiger partial charge in [0, 0.05) is 0 Å². The van der Waals surface area contributed by atoms with Gasteiger partial charge in [0.05, 0.1) is 0 Å². The Morgan fingerprint density at radius 2 is 1.75 bits per heavy atom. The molecule has 0 aromatic heterocycles. The van der Waals surface area contributed by atoms with Crippen molar-refractivity contribution in [3.63, 3.8) is 0 Å². The minimum Gasteiger partial charge on any atom is -0.457 e. The first kappa shape index (κ1) is 14.9. The van der Waals surface area contributed by atoms with Crippen molar-refractivity contribution < 1.29 is 31.5 Å². The zero-order valence-corrected chi connectivity index (χ0v) is 8.48. The molecule has 0 fully saturated rings. The summed E-state index contributed by atoms with van der Waals surface area (Å²) >= 11 is 0. The van der Waals surface area contributed by atoms with E-state index in [2.05, 4.69) is 4.74 Å². The van der Waals surface area contributed by atoms with Gasteiger partial charge in [0.2, 0.25) is 0 Å². The van der Waals surface area contributed by atoms with Gasteiger partial charge in [0.15, 0.2) is 0 Å². The van der Waals surface area contributed by atoms with E-state index in [0.717, 1.165) is 6.42 Å². The third kappa shape index (κ3) is 4.16. The summed E-state index contributed by atoms with van der Waals surface area (Å²) in [6, 6.07) is 0. The second-order valence-corrected chi connectivity index (χ2v) is 2.93. The summed E-state index contributed by atoms with van der Waals surface area (Å²) in [6.07, 6.45) is -1.75. The van der Waals surface area contributed by atoms with Crippen LogP contribution in [0.1, 0.15) is 19.8 Å². The second kappa shape index (κ2) is 5.81. The van der Waals surface area contributed by atoms with E-state index in [0.29, 0.717) is 6.42 Å². The van der Waals surface area contributed by atoms with Crippen LogP contribution in [0.15, 0.2) is 12.2 Å². The fourth-order valence-corrected chi connectivity index (χ4v) is 0.683. The van der Waals surface area contributed by atoms with Crippen LogP contribution in [0.25, 0.3) is 0 Å². The molecule has 0 aromatic carbocycles. The van der Waals surface area contributed by atoms with E-state index in [9.17, 15) is 26.7 Å². The number of halogens is 5. The van der Waals surface area contributed by atoms with Gasteiger partial charge in [0.25, 0.3) is 0 Å². The van der Waals surface area contributed by atoms with E-state index in [4.69, 9.17) is 0 Å². The number of unbranched alkanes of at least 4 members (excludes halogenated alkanes) is 1. The van der Waals surface area contributed by atoms with Crippen LogP contribution in [0.2, 0.25) is 0 Å². The summed E-state index contributed by atoms with van der Waals surface area (Å²) in [5.74, 6) is -8.04. The van der Waals surface area contributed by atoms with Crippen molar-refractivity contribution in [2.75, 3.05) is 6.61 Å². The number of esters is 1. The average Bonchev–Trinajstić information content (AvgIpc) is 2.15. The predicted molar refractivity (Wildman–Crippen MR) is 46.0 cm³/mol. The Balaban J connectivity index is 4.17. The summed E-state index contributed by atoms with van der Waals surface area (Å²) in [4.78, 5) is 10.4. The van der Waals surface area contributed by atoms with Crippen molar-refractivity contribution in [1.82, 2.24) is 0 Å². The molecule has 0 rings (SSSR count). The first-order valence-corrected chi connectivity index (χ1v) is 4.50. The van der Waals surface area contributed by atoms with Gasteiger partial charge in [-0.15, -0.1) is 0 Å². The molecule has 0 spiro atoms. The molecular weight excluding hydrogens is 235 g/mol. The first-order chi connectivity index (χ1) is 7.23. The number of hydrogen-bond acceptors (Lipinski definition) is 2. The second-order valence-electron chi connectivity index (χ2n) is 2.93. The zero-order chi connectivity index (χ0) is 12.8. The van der Waals surface area contributed by atoms with Crippen molar-refractivity contribution in [2.45, 2.75) is 31.9 Å². The number of ether oxygens (including phenoxy) is 1. The third-order valence-electron chi connectivity index (χ3n) is 1.55. The molecule has 0 bridgehead atoms. The number of allylic oxidation sites excluding steroid dienone is 1. The monoisotopic (exact) mass is 246 g/mol. The molecule has 0 amide bonds. The summed E-state index contributed by atoms with van der Waals surface area (Å²) < 4.78 is 63.3. The van der Waals surface area contributed by atoms with E-state index in [1.54, 1.807) is 0 Å². The van der Waals surface area contributed by atoms with Gasteiger partial charge in [-0.05, 0) is 6.42 Å². The highest BCUT2D eigenvalue weighted by Crippen LogP contribution is 2.36. The quantitative estimate of drug-likeness (QED) is 0.423. The van der Waals surface area contributed by atoms with Crippen molar-refractivity contribution in [3.8, 4) is 0 Å². The molecule has 16 heavy (non-hydrogen) atoms. The molecule has 0 aliphatic rings. The summed E-state index contributed by atoms with van der Waals surface area (Å²) in [5.41, 5.74) is 0. The highest BCUT2D eigenvalue weighted by atomic mass is 19.4. The van der Waals surface area contributed by atoms with Crippen LogP contribution in [0.5, 0.6) is 0 Å². The number of carbonyl (C=O) groups excluding carboxylic acids is 1. The molecule has 0 unspecified atom stereocenters. The molecule has 7 heteroatoms. The Labute approximate surface area is 89.1 Å². The van der Waals surface area contributed by atoms with Crippen LogP contribution in [0.4, 0.5) is 22.0 Å². The van der Waals surface area contributed by atoms with Crippen molar-refractivity contribution >= 4 is 5.97 Å². The SMILES string of the molecule is CCC/C=C\COC(=O)C(F)(F)C(F)(F)F. The Hall–Kier alpha value is -1.14. The Morgan fingerprint density at radius 1 is 1.19 bits per heavy atom. The molecule has 0 heterocycles.